The van der Waals surface area contributed by atoms with E-state index in [1.807, 2.05) is 13.1 Å². The number of nitrogens with zero attached hydrogens (tertiary/aromatic N) is 1. The molecule has 0 saturated carbocycles. The second-order valence-corrected chi connectivity index (χ2v) is 6.20. The third-order valence-electron chi connectivity index (χ3n) is 4.66. The van der Waals surface area contributed by atoms with E-state index in [1.165, 1.54) is 0 Å². The third kappa shape index (κ3) is 2.54. The van der Waals surface area contributed by atoms with Crippen LogP contribution in [0.4, 0.5) is 5.69 Å². The van der Waals surface area contributed by atoms with Crippen LogP contribution in [0, 0.1) is 0 Å². The Morgan fingerprint density at radius 2 is 2.13 bits per heavy atom. The molecule has 1 amide bonds. The van der Waals surface area contributed by atoms with E-state index >= 15 is 0 Å². The number of rotatable bonds is 2. The van der Waals surface area contributed by atoms with Gasteiger partial charge in [-0.25, -0.2) is 0 Å². The van der Waals surface area contributed by atoms with E-state index in [1.54, 1.807) is 12.1 Å². The van der Waals surface area contributed by atoms with Gasteiger partial charge >= 0.3 is 0 Å². The lowest BCUT2D eigenvalue weighted by molar-refractivity contribution is 0.0178. The fourth-order valence-electron chi connectivity index (χ4n) is 3.35. The van der Waals surface area contributed by atoms with E-state index in [-0.39, 0.29) is 30.8 Å². The number of aliphatic hydroxyl groups is 1. The Balaban J connectivity index is 1.47. The summed E-state index contributed by atoms with van der Waals surface area (Å²) in [6.45, 7) is 2.05. The third-order valence-corrected chi connectivity index (χ3v) is 4.66. The second kappa shape index (κ2) is 5.67. The molecule has 3 aliphatic rings. The number of fused-ring (bicyclic) bond motifs is 2. The van der Waals surface area contributed by atoms with Crippen molar-refractivity contribution in [3.05, 3.63) is 23.8 Å². The molecule has 3 heterocycles. The molecule has 0 aromatic heterocycles. The van der Waals surface area contributed by atoms with E-state index in [0.717, 1.165) is 18.0 Å². The number of hydrogen-bond donors (Lipinski definition) is 2. The minimum absolute atomic E-state index is 0.191. The number of likely N-dealkylation sites (N-methyl/N-ethyl adjacent to an activating group) is 1. The molecule has 1 aromatic rings. The van der Waals surface area contributed by atoms with Gasteiger partial charge in [0.25, 0.3) is 5.91 Å². The van der Waals surface area contributed by atoms with Crippen molar-refractivity contribution in [1.29, 1.82) is 0 Å². The van der Waals surface area contributed by atoms with E-state index in [2.05, 4.69) is 10.2 Å². The molecule has 2 fully saturated rings. The minimum atomic E-state index is -0.616. The molecule has 3 aliphatic heterocycles. The van der Waals surface area contributed by atoms with Crippen LogP contribution in [0.15, 0.2) is 18.2 Å². The molecule has 124 valence electrons. The molecule has 1 aromatic carbocycles. The maximum Gasteiger partial charge on any atom is 0.251 e. The van der Waals surface area contributed by atoms with Crippen LogP contribution in [0.5, 0.6) is 5.75 Å². The predicted octanol–water partition coefficient (Wildman–Crippen LogP) is -0.228. The fraction of sp³-hybridized carbons (Fsp3) is 0.562. The van der Waals surface area contributed by atoms with Gasteiger partial charge in [-0.2, -0.15) is 0 Å². The van der Waals surface area contributed by atoms with Gasteiger partial charge < -0.3 is 29.5 Å². The van der Waals surface area contributed by atoms with Crippen molar-refractivity contribution in [1.82, 2.24) is 5.32 Å². The molecule has 7 nitrogen and oxygen atoms in total. The van der Waals surface area contributed by atoms with Gasteiger partial charge in [0.1, 0.15) is 30.7 Å². The molecule has 4 atom stereocenters. The monoisotopic (exact) mass is 320 g/mol. The van der Waals surface area contributed by atoms with Crippen LogP contribution in [0.1, 0.15) is 10.4 Å². The van der Waals surface area contributed by atoms with Crippen molar-refractivity contribution in [2.45, 2.75) is 24.4 Å². The predicted molar refractivity (Wildman–Crippen MR) is 81.9 cm³/mol. The van der Waals surface area contributed by atoms with E-state index in [4.69, 9.17) is 14.2 Å². The van der Waals surface area contributed by atoms with Crippen molar-refractivity contribution in [3.63, 3.8) is 0 Å². The standard InChI is InChI=1S/C16H20N2O5/c1-18-4-5-21-13-6-9(2-3-11(13)18)16(20)17-10-7-22-15-12(19)8-23-14(10)15/h2-3,6,10,12,14-15,19H,4-5,7-8H2,1H3,(H,17,20)/t10-,12-,14-,15-/m1/s1. The van der Waals surface area contributed by atoms with Crippen molar-refractivity contribution in [2.75, 3.05) is 38.3 Å². The Bertz CT molecular complexity index is 622. The highest BCUT2D eigenvalue weighted by atomic mass is 16.6. The summed E-state index contributed by atoms with van der Waals surface area (Å²) >= 11 is 0. The van der Waals surface area contributed by atoms with Gasteiger partial charge in [0, 0.05) is 12.6 Å². The zero-order chi connectivity index (χ0) is 16.0. The molecule has 2 N–H and O–H groups in total. The molecular formula is C16H20N2O5. The van der Waals surface area contributed by atoms with Crippen LogP contribution >= 0.6 is 0 Å². The number of amides is 1. The Labute approximate surface area is 134 Å². The quantitative estimate of drug-likeness (QED) is 0.784. The second-order valence-electron chi connectivity index (χ2n) is 6.20. The summed E-state index contributed by atoms with van der Waals surface area (Å²) in [6.07, 6.45) is -1.25. The topological polar surface area (TPSA) is 80.3 Å². The maximum absolute atomic E-state index is 12.5. The average Bonchev–Trinajstić information content (AvgIpc) is 3.11. The van der Waals surface area contributed by atoms with Crippen molar-refractivity contribution >= 4 is 11.6 Å². The summed E-state index contributed by atoms with van der Waals surface area (Å²) < 4.78 is 16.7. The van der Waals surface area contributed by atoms with Crippen molar-refractivity contribution in [3.8, 4) is 5.75 Å². The molecular weight excluding hydrogens is 300 g/mol. The van der Waals surface area contributed by atoms with Gasteiger partial charge in [0.05, 0.1) is 31.5 Å². The molecule has 0 bridgehead atoms. The van der Waals surface area contributed by atoms with Crippen LogP contribution in [-0.4, -0.2) is 68.8 Å². The molecule has 2 saturated heterocycles. The summed E-state index contributed by atoms with van der Waals surface area (Å²) in [5, 5.41) is 12.7. The Kier molecular flexibility index (Phi) is 3.63. The molecule has 4 rings (SSSR count). The molecule has 23 heavy (non-hydrogen) atoms. The average molecular weight is 320 g/mol. The first-order valence-corrected chi connectivity index (χ1v) is 7.83. The first-order valence-electron chi connectivity index (χ1n) is 7.83. The molecule has 7 heteroatoms. The first-order chi connectivity index (χ1) is 11.1. The normalized spacial score (nSPS) is 32.2. The summed E-state index contributed by atoms with van der Waals surface area (Å²) in [5.41, 5.74) is 1.53. The van der Waals surface area contributed by atoms with Gasteiger partial charge in [-0.05, 0) is 18.2 Å². The summed E-state index contributed by atoms with van der Waals surface area (Å²) in [4.78, 5) is 14.6. The van der Waals surface area contributed by atoms with Gasteiger partial charge in [-0.1, -0.05) is 0 Å². The van der Waals surface area contributed by atoms with Gasteiger partial charge in [-0.3, -0.25) is 4.79 Å². The molecule has 0 radical (unpaired) electrons. The molecule has 0 aliphatic carbocycles. The first kappa shape index (κ1) is 14.7. The SMILES string of the molecule is CN1CCOc2cc(C(=O)N[C@@H]3CO[C@H]4[C@@H]3OC[C@H]4O)ccc21. The van der Waals surface area contributed by atoms with Crippen LogP contribution in [0.3, 0.4) is 0 Å². The number of anilines is 1. The fourth-order valence-corrected chi connectivity index (χ4v) is 3.35. The highest BCUT2D eigenvalue weighted by Gasteiger charge is 2.47. The van der Waals surface area contributed by atoms with Crippen LogP contribution in [-0.2, 0) is 9.47 Å². The number of carbonyl (C=O) groups is 1. The van der Waals surface area contributed by atoms with Gasteiger partial charge in [0.15, 0.2) is 0 Å². The number of carbonyl (C=O) groups excluding carboxylic acids is 1. The number of benzene rings is 1. The van der Waals surface area contributed by atoms with Crippen molar-refractivity contribution in [2.24, 2.45) is 0 Å². The Hall–Kier alpha value is -1.83. The number of ether oxygens (including phenoxy) is 3. The maximum atomic E-state index is 12.5. The summed E-state index contributed by atoms with van der Waals surface area (Å²) in [5.74, 6) is 0.531. The number of hydrogen-bond acceptors (Lipinski definition) is 6. The number of nitrogens with one attached hydrogen (secondary N) is 1. The summed E-state index contributed by atoms with van der Waals surface area (Å²) in [7, 11) is 2.00. The lowest BCUT2D eigenvalue weighted by Crippen LogP contribution is -2.44. The highest BCUT2D eigenvalue weighted by molar-refractivity contribution is 5.95. The Morgan fingerprint density at radius 3 is 3.00 bits per heavy atom. The lowest BCUT2D eigenvalue weighted by atomic mass is 10.1. The van der Waals surface area contributed by atoms with Crippen LogP contribution in [0.2, 0.25) is 0 Å². The van der Waals surface area contributed by atoms with Crippen molar-refractivity contribution < 1.29 is 24.1 Å². The largest absolute Gasteiger partial charge is 0.490 e. The minimum Gasteiger partial charge on any atom is -0.490 e. The van der Waals surface area contributed by atoms with Gasteiger partial charge in [-0.15, -0.1) is 0 Å². The van der Waals surface area contributed by atoms with E-state index in [9.17, 15) is 9.90 Å². The smallest absolute Gasteiger partial charge is 0.251 e. The summed E-state index contributed by atoms with van der Waals surface area (Å²) in [6, 6.07) is 5.20. The number of aliphatic hydroxyl groups excluding tert-OH is 1. The van der Waals surface area contributed by atoms with Gasteiger partial charge in [0.2, 0.25) is 0 Å². The van der Waals surface area contributed by atoms with Crippen LogP contribution in [0.25, 0.3) is 0 Å². The molecule has 0 spiro atoms. The van der Waals surface area contributed by atoms with E-state index < -0.39 is 6.10 Å². The highest BCUT2D eigenvalue weighted by Crippen LogP contribution is 2.32. The van der Waals surface area contributed by atoms with E-state index in [0.29, 0.717) is 18.8 Å². The molecule has 0 unspecified atom stereocenters. The lowest BCUT2D eigenvalue weighted by Gasteiger charge is -2.28. The zero-order valence-corrected chi connectivity index (χ0v) is 12.9. The van der Waals surface area contributed by atoms with Crippen LogP contribution < -0.4 is 15.0 Å². The zero-order valence-electron chi connectivity index (χ0n) is 12.9. The Morgan fingerprint density at radius 1 is 1.30 bits per heavy atom.